The first-order valence-electron chi connectivity index (χ1n) is 4.06. The van der Waals surface area contributed by atoms with Gasteiger partial charge in [0.15, 0.2) is 5.82 Å². The monoisotopic (exact) mass is 209 g/mol. The van der Waals surface area contributed by atoms with E-state index in [0.29, 0.717) is 11.6 Å². The highest BCUT2D eigenvalue weighted by Gasteiger charge is 2.09. The molecule has 2 aromatic rings. The van der Waals surface area contributed by atoms with E-state index in [-0.39, 0.29) is 11.5 Å². The van der Waals surface area contributed by atoms with Crippen LogP contribution in [0.15, 0.2) is 23.7 Å². The van der Waals surface area contributed by atoms with Crippen LogP contribution in [0.1, 0.15) is 5.69 Å². The molecule has 2 N–H and O–H groups in total. The van der Waals surface area contributed by atoms with E-state index in [1.54, 1.807) is 12.3 Å². The van der Waals surface area contributed by atoms with Crippen LogP contribution in [0.3, 0.4) is 0 Å². The normalized spacial score (nSPS) is 10.4. The van der Waals surface area contributed by atoms with Crippen molar-refractivity contribution in [3.63, 3.8) is 0 Å². The molecule has 3 nitrogen and oxygen atoms in total. The van der Waals surface area contributed by atoms with Gasteiger partial charge in [0.2, 0.25) is 0 Å². The summed E-state index contributed by atoms with van der Waals surface area (Å²) in [6.07, 6.45) is 1.54. The molecule has 0 saturated heterocycles. The molecule has 0 amide bonds. The SMILES string of the molecule is NCc1csc(-c2ncccc2F)n1. The number of thiazole rings is 1. The fourth-order valence-corrected chi connectivity index (χ4v) is 1.88. The summed E-state index contributed by atoms with van der Waals surface area (Å²) >= 11 is 1.35. The molecule has 0 saturated carbocycles. The Hall–Kier alpha value is -1.33. The molecule has 14 heavy (non-hydrogen) atoms. The van der Waals surface area contributed by atoms with E-state index in [4.69, 9.17) is 5.73 Å². The maximum Gasteiger partial charge on any atom is 0.151 e. The number of hydrogen-bond acceptors (Lipinski definition) is 4. The van der Waals surface area contributed by atoms with Crippen molar-refractivity contribution in [3.8, 4) is 10.7 Å². The third kappa shape index (κ3) is 1.64. The summed E-state index contributed by atoms with van der Waals surface area (Å²) in [5, 5.41) is 2.38. The van der Waals surface area contributed by atoms with Crippen LogP contribution >= 0.6 is 11.3 Å². The maximum atomic E-state index is 13.3. The molecular formula is C9H8FN3S. The largest absolute Gasteiger partial charge is 0.325 e. The molecule has 2 aromatic heterocycles. The van der Waals surface area contributed by atoms with Gasteiger partial charge in [-0.15, -0.1) is 11.3 Å². The van der Waals surface area contributed by atoms with Gasteiger partial charge >= 0.3 is 0 Å². The highest BCUT2D eigenvalue weighted by atomic mass is 32.1. The lowest BCUT2D eigenvalue weighted by Gasteiger charge is -1.95. The second-order valence-electron chi connectivity index (χ2n) is 2.68. The van der Waals surface area contributed by atoms with Gasteiger partial charge in [-0.25, -0.2) is 9.37 Å². The van der Waals surface area contributed by atoms with E-state index in [1.165, 1.54) is 17.4 Å². The van der Waals surface area contributed by atoms with Gasteiger partial charge in [0.05, 0.1) is 5.69 Å². The van der Waals surface area contributed by atoms with Gasteiger partial charge in [-0.2, -0.15) is 0 Å². The highest BCUT2D eigenvalue weighted by Crippen LogP contribution is 2.23. The smallest absolute Gasteiger partial charge is 0.151 e. The van der Waals surface area contributed by atoms with Crippen molar-refractivity contribution in [3.05, 3.63) is 35.2 Å². The molecule has 0 unspecified atom stereocenters. The Morgan fingerprint density at radius 2 is 2.36 bits per heavy atom. The van der Waals surface area contributed by atoms with Crippen LogP contribution in [0.2, 0.25) is 0 Å². The summed E-state index contributed by atoms with van der Waals surface area (Å²) in [5.41, 5.74) is 6.46. The van der Waals surface area contributed by atoms with Crippen LogP contribution < -0.4 is 5.73 Å². The summed E-state index contributed by atoms with van der Waals surface area (Å²) < 4.78 is 13.3. The van der Waals surface area contributed by atoms with Gasteiger partial charge < -0.3 is 5.73 Å². The van der Waals surface area contributed by atoms with E-state index in [0.717, 1.165) is 5.69 Å². The lowest BCUT2D eigenvalue weighted by Crippen LogP contribution is -1.96. The fraction of sp³-hybridized carbons (Fsp3) is 0.111. The molecule has 0 atom stereocenters. The fourth-order valence-electron chi connectivity index (χ4n) is 1.05. The molecule has 0 aliphatic carbocycles. The Morgan fingerprint density at radius 1 is 1.50 bits per heavy atom. The molecular weight excluding hydrogens is 201 g/mol. The first-order valence-corrected chi connectivity index (χ1v) is 4.94. The Bertz CT molecular complexity index is 441. The van der Waals surface area contributed by atoms with Crippen LogP contribution in [-0.2, 0) is 6.54 Å². The van der Waals surface area contributed by atoms with Gasteiger partial charge in [-0.1, -0.05) is 0 Å². The zero-order chi connectivity index (χ0) is 9.97. The van der Waals surface area contributed by atoms with E-state index < -0.39 is 0 Å². The summed E-state index contributed by atoms with van der Waals surface area (Å²) in [4.78, 5) is 8.08. The standard InChI is InChI=1S/C9H8FN3S/c10-7-2-1-3-12-8(7)9-13-6(4-11)5-14-9/h1-3,5H,4,11H2. The zero-order valence-electron chi connectivity index (χ0n) is 7.27. The zero-order valence-corrected chi connectivity index (χ0v) is 8.09. The molecule has 0 radical (unpaired) electrons. The van der Waals surface area contributed by atoms with Crippen molar-refractivity contribution in [2.24, 2.45) is 5.73 Å². The van der Waals surface area contributed by atoms with Crippen molar-refractivity contribution in [2.45, 2.75) is 6.54 Å². The number of aromatic nitrogens is 2. The molecule has 0 aliphatic rings. The van der Waals surface area contributed by atoms with Gasteiger partial charge in [-0.05, 0) is 12.1 Å². The summed E-state index contributed by atoms with van der Waals surface area (Å²) in [6.45, 7) is 0.366. The van der Waals surface area contributed by atoms with Gasteiger partial charge in [0, 0.05) is 18.1 Å². The number of nitrogens with two attached hydrogens (primary N) is 1. The van der Waals surface area contributed by atoms with Crippen LogP contribution in [0.5, 0.6) is 0 Å². The first kappa shape index (κ1) is 9.23. The Morgan fingerprint density at radius 3 is 3.00 bits per heavy atom. The molecule has 0 aromatic carbocycles. The van der Waals surface area contributed by atoms with Crippen LogP contribution in [-0.4, -0.2) is 9.97 Å². The summed E-state index contributed by atoms with van der Waals surface area (Å²) in [5.74, 6) is -0.356. The third-order valence-corrected chi connectivity index (χ3v) is 2.62. The second-order valence-corrected chi connectivity index (χ2v) is 3.54. The molecule has 0 spiro atoms. The van der Waals surface area contributed by atoms with E-state index in [1.807, 2.05) is 5.38 Å². The Balaban J connectivity index is 2.44. The predicted molar refractivity (Wildman–Crippen MR) is 53.2 cm³/mol. The molecule has 0 aliphatic heterocycles. The van der Waals surface area contributed by atoms with Crippen molar-refractivity contribution >= 4 is 11.3 Å². The minimum Gasteiger partial charge on any atom is -0.325 e. The quantitative estimate of drug-likeness (QED) is 0.820. The maximum absolute atomic E-state index is 13.3. The molecule has 2 heterocycles. The van der Waals surface area contributed by atoms with Crippen molar-refractivity contribution < 1.29 is 4.39 Å². The lowest BCUT2D eigenvalue weighted by molar-refractivity contribution is 0.625. The molecule has 5 heteroatoms. The Labute approximate surface area is 84.4 Å². The minimum absolute atomic E-state index is 0.289. The van der Waals surface area contributed by atoms with Gasteiger partial charge in [0.25, 0.3) is 0 Å². The van der Waals surface area contributed by atoms with Gasteiger partial charge in [0.1, 0.15) is 10.7 Å². The average Bonchev–Trinajstić information content (AvgIpc) is 2.67. The van der Waals surface area contributed by atoms with Crippen LogP contribution in [0.4, 0.5) is 4.39 Å². The average molecular weight is 209 g/mol. The van der Waals surface area contributed by atoms with Crippen molar-refractivity contribution in [1.82, 2.24) is 9.97 Å². The van der Waals surface area contributed by atoms with Crippen molar-refractivity contribution in [1.29, 1.82) is 0 Å². The van der Waals surface area contributed by atoms with E-state index in [9.17, 15) is 4.39 Å². The number of pyridine rings is 1. The molecule has 0 fully saturated rings. The van der Waals surface area contributed by atoms with Crippen molar-refractivity contribution in [2.75, 3.05) is 0 Å². The third-order valence-electron chi connectivity index (χ3n) is 1.72. The number of halogens is 1. The first-order chi connectivity index (χ1) is 6.81. The highest BCUT2D eigenvalue weighted by molar-refractivity contribution is 7.13. The summed E-state index contributed by atoms with van der Waals surface area (Å²) in [6, 6.07) is 2.92. The Kier molecular flexibility index (Phi) is 2.51. The van der Waals surface area contributed by atoms with Crippen LogP contribution in [0, 0.1) is 5.82 Å². The predicted octanol–water partition coefficient (Wildman–Crippen LogP) is 1.80. The molecule has 0 bridgehead atoms. The molecule has 2 rings (SSSR count). The minimum atomic E-state index is -0.356. The number of nitrogens with zero attached hydrogens (tertiary/aromatic N) is 2. The lowest BCUT2D eigenvalue weighted by atomic mass is 10.3. The number of hydrogen-bond donors (Lipinski definition) is 1. The van der Waals surface area contributed by atoms with Crippen LogP contribution in [0.25, 0.3) is 10.7 Å². The van der Waals surface area contributed by atoms with E-state index >= 15 is 0 Å². The molecule has 72 valence electrons. The topological polar surface area (TPSA) is 51.8 Å². The second kappa shape index (κ2) is 3.81. The summed E-state index contributed by atoms with van der Waals surface area (Å²) in [7, 11) is 0. The van der Waals surface area contributed by atoms with Gasteiger partial charge in [-0.3, -0.25) is 4.98 Å². The number of rotatable bonds is 2. The van der Waals surface area contributed by atoms with E-state index in [2.05, 4.69) is 9.97 Å².